The van der Waals surface area contributed by atoms with Gasteiger partial charge in [-0.3, -0.25) is 0 Å². The Morgan fingerprint density at radius 3 is 2.56 bits per heavy atom. The van der Waals surface area contributed by atoms with Crippen LogP contribution in [0.2, 0.25) is 0 Å². The van der Waals surface area contributed by atoms with Gasteiger partial charge in [0, 0.05) is 37.3 Å². The molecule has 1 aliphatic heterocycles. The molecule has 32 heavy (non-hydrogen) atoms. The average molecular weight is 563 g/mol. The molecule has 5 nitrogen and oxygen atoms in total. The summed E-state index contributed by atoms with van der Waals surface area (Å²) in [5.41, 5.74) is 1.20. The Morgan fingerprint density at radius 1 is 1.12 bits per heavy atom. The Bertz CT molecular complexity index is 877. The molecule has 0 saturated carbocycles. The van der Waals surface area contributed by atoms with E-state index in [1.165, 1.54) is 12.1 Å². The molecule has 2 aromatic rings. The zero-order chi connectivity index (χ0) is 22.1. The quantitative estimate of drug-likeness (QED) is 0.274. The van der Waals surface area contributed by atoms with Crippen molar-refractivity contribution < 1.29 is 22.6 Å². The first-order valence-corrected chi connectivity index (χ1v) is 10.4. The largest absolute Gasteiger partial charge is 0.434 e. The minimum absolute atomic E-state index is 0. The molecule has 1 fully saturated rings. The summed E-state index contributed by atoms with van der Waals surface area (Å²) in [4.78, 5) is 4.54. The number of rotatable bonds is 8. The molecule has 0 aliphatic carbocycles. The molecule has 2 aromatic carbocycles. The van der Waals surface area contributed by atoms with Gasteiger partial charge in [0.1, 0.15) is 11.6 Å². The number of hydrogen-bond acceptors (Lipinski definition) is 3. The van der Waals surface area contributed by atoms with E-state index in [2.05, 4.69) is 20.4 Å². The molecule has 0 atom stereocenters. The second-order valence-corrected chi connectivity index (χ2v) is 7.44. The monoisotopic (exact) mass is 563 g/mol. The molecule has 0 amide bonds. The van der Waals surface area contributed by atoms with Gasteiger partial charge in [0.2, 0.25) is 0 Å². The van der Waals surface area contributed by atoms with Gasteiger partial charge in [-0.15, -0.1) is 24.0 Å². The van der Waals surface area contributed by atoms with Crippen LogP contribution in [-0.4, -0.2) is 38.9 Å². The van der Waals surface area contributed by atoms with Crippen LogP contribution >= 0.6 is 24.0 Å². The number of hydrogen-bond donors (Lipinski definition) is 2. The zero-order valence-corrected chi connectivity index (χ0v) is 20.3. The molecule has 0 spiro atoms. The SMILES string of the molecule is CCNC(=NCc1ccccc1OC(F)F)NCC1(c2cccc(F)c2)CCOCC1.I. The maximum absolute atomic E-state index is 13.9. The van der Waals surface area contributed by atoms with E-state index in [1.807, 2.05) is 13.0 Å². The van der Waals surface area contributed by atoms with Crippen molar-refractivity contribution in [1.29, 1.82) is 0 Å². The minimum atomic E-state index is -2.89. The highest BCUT2D eigenvalue weighted by Gasteiger charge is 2.35. The summed E-state index contributed by atoms with van der Waals surface area (Å²) in [6, 6.07) is 13.3. The lowest BCUT2D eigenvalue weighted by atomic mass is 9.74. The van der Waals surface area contributed by atoms with Crippen LogP contribution in [0.3, 0.4) is 0 Å². The lowest BCUT2D eigenvalue weighted by molar-refractivity contribution is -0.0504. The Kier molecular flexibility index (Phi) is 10.6. The first kappa shape index (κ1) is 26.2. The third-order valence-corrected chi connectivity index (χ3v) is 5.42. The van der Waals surface area contributed by atoms with Crippen molar-refractivity contribution in [3.05, 3.63) is 65.5 Å². The van der Waals surface area contributed by atoms with Gasteiger partial charge < -0.3 is 20.1 Å². The fourth-order valence-electron chi connectivity index (χ4n) is 3.75. The Hall–Kier alpha value is -2.01. The molecular formula is C23H29F3IN3O2. The highest BCUT2D eigenvalue weighted by molar-refractivity contribution is 14.0. The molecule has 9 heteroatoms. The van der Waals surface area contributed by atoms with E-state index in [1.54, 1.807) is 30.3 Å². The summed E-state index contributed by atoms with van der Waals surface area (Å²) < 4.78 is 49.3. The van der Waals surface area contributed by atoms with Gasteiger partial charge in [0.05, 0.1) is 6.54 Å². The molecule has 0 aromatic heterocycles. The standard InChI is InChI=1S/C23H28F3N3O2.HI/c1-2-27-22(28-15-17-6-3-4-9-20(17)31-21(25)26)29-16-23(10-12-30-13-11-23)18-7-5-8-19(24)14-18;/h3-9,14,21H,2,10-13,15-16H2,1H3,(H2,27,28,29);1H. The summed E-state index contributed by atoms with van der Waals surface area (Å²) >= 11 is 0. The van der Waals surface area contributed by atoms with Crippen LogP contribution in [0.5, 0.6) is 5.75 Å². The van der Waals surface area contributed by atoms with Gasteiger partial charge in [-0.25, -0.2) is 9.38 Å². The smallest absolute Gasteiger partial charge is 0.387 e. The number of halogens is 4. The number of alkyl halides is 2. The normalized spacial score (nSPS) is 15.7. The summed E-state index contributed by atoms with van der Waals surface area (Å²) in [6.07, 6.45) is 1.52. The third-order valence-electron chi connectivity index (χ3n) is 5.42. The molecule has 3 rings (SSSR count). The first-order chi connectivity index (χ1) is 15.0. The van der Waals surface area contributed by atoms with Gasteiger partial charge in [-0.1, -0.05) is 30.3 Å². The highest BCUT2D eigenvalue weighted by Crippen LogP contribution is 2.34. The van der Waals surface area contributed by atoms with Crippen LogP contribution in [0.1, 0.15) is 30.9 Å². The van der Waals surface area contributed by atoms with Gasteiger partial charge in [-0.2, -0.15) is 8.78 Å². The van der Waals surface area contributed by atoms with E-state index < -0.39 is 6.61 Å². The fourth-order valence-corrected chi connectivity index (χ4v) is 3.75. The van der Waals surface area contributed by atoms with Gasteiger partial charge in [0.15, 0.2) is 5.96 Å². The van der Waals surface area contributed by atoms with Gasteiger partial charge in [-0.05, 0) is 43.5 Å². The van der Waals surface area contributed by atoms with Crippen molar-refractivity contribution in [2.24, 2.45) is 4.99 Å². The number of nitrogens with zero attached hydrogens (tertiary/aromatic N) is 1. The average Bonchev–Trinajstić information content (AvgIpc) is 2.77. The number of para-hydroxylation sites is 1. The van der Waals surface area contributed by atoms with Crippen LogP contribution in [0.4, 0.5) is 13.2 Å². The number of benzene rings is 2. The zero-order valence-electron chi connectivity index (χ0n) is 18.0. The molecule has 0 unspecified atom stereocenters. The van der Waals surface area contributed by atoms with Gasteiger partial charge >= 0.3 is 6.61 Å². The third kappa shape index (κ3) is 7.26. The molecule has 0 bridgehead atoms. The lowest BCUT2D eigenvalue weighted by Gasteiger charge is -2.38. The molecular weight excluding hydrogens is 534 g/mol. The fraction of sp³-hybridized carbons (Fsp3) is 0.435. The molecule has 1 aliphatic rings. The minimum Gasteiger partial charge on any atom is -0.434 e. The van der Waals surface area contributed by atoms with E-state index >= 15 is 0 Å². The van der Waals surface area contributed by atoms with E-state index in [4.69, 9.17) is 4.74 Å². The number of nitrogens with one attached hydrogen (secondary N) is 2. The molecule has 2 N–H and O–H groups in total. The molecule has 0 radical (unpaired) electrons. The molecule has 1 heterocycles. The van der Waals surface area contributed by atoms with Crippen molar-refractivity contribution >= 4 is 29.9 Å². The Balaban J connectivity index is 0.00000363. The van der Waals surface area contributed by atoms with E-state index in [-0.39, 0.29) is 47.5 Å². The second-order valence-electron chi connectivity index (χ2n) is 7.44. The van der Waals surface area contributed by atoms with Crippen LogP contribution in [0.15, 0.2) is 53.5 Å². The summed E-state index contributed by atoms with van der Waals surface area (Å²) in [5.74, 6) is 0.397. The van der Waals surface area contributed by atoms with Crippen molar-refractivity contribution in [3.8, 4) is 5.75 Å². The summed E-state index contributed by atoms with van der Waals surface area (Å²) in [5, 5.41) is 6.53. The van der Waals surface area contributed by atoms with Crippen molar-refractivity contribution in [3.63, 3.8) is 0 Å². The van der Waals surface area contributed by atoms with Crippen LogP contribution in [0.25, 0.3) is 0 Å². The Labute approximate surface area is 203 Å². The van der Waals surface area contributed by atoms with E-state index in [9.17, 15) is 13.2 Å². The maximum Gasteiger partial charge on any atom is 0.387 e. The van der Waals surface area contributed by atoms with Crippen molar-refractivity contribution in [2.45, 2.75) is 38.3 Å². The van der Waals surface area contributed by atoms with E-state index in [0.717, 1.165) is 18.4 Å². The second kappa shape index (κ2) is 12.9. The predicted octanol–water partition coefficient (Wildman–Crippen LogP) is 4.85. The lowest BCUT2D eigenvalue weighted by Crippen LogP contribution is -2.48. The predicted molar refractivity (Wildman–Crippen MR) is 129 cm³/mol. The summed E-state index contributed by atoms with van der Waals surface area (Å²) in [6.45, 7) is 1.61. The molecule has 176 valence electrons. The van der Waals surface area contributed by atoms with Crippen molar-refractivity contribution in [2.75, 3.05) is 26.3 Å². The van der Waals surface area contributed by atoms with Crippen LogP contribution in [-0.2, 0) is 16.7 Å². The number of aliphatic imine (C=N–C) groups is 1. The number of guanidine groups is 1. The van der Waals surface area contributed by atoms with Gasteiger partial charge in [0.25, 0.3) is 0 Å². The van der Waals surface area contributed by atoms with Crippen LogP contribution in [0, 0.1) is 5.82 Å². The van der Waals surface area contributed by atoms with E-state index in [0.29, 0.717) is 37.8 Å². The highest BCUT2D eigenvalue weighted by atomic mass is 127. The number of ether oxygens (including phenoxy) is 2. The molecule has 1 saturated heterocycles. The summed E-state index contributed by atoms with van der Waals surface area (Å²) in [7, 11) is 0. The topological polar surface area (TPSA) is 54.9 Å². The first-order valence-electron chi connectivity index (χ1n) is 10.4. The van der Waals surface area contributed by atoms with Crippen LogP contribution < -0.4 is 15.4 Å². The van der Waals surface area contributed by atoms with Crippen molar-refractivity contribution in [1.82, 2.24) is 10.6 Å². The Morgan fingerprint density at radius 2 is 1.88 bits per heavy atom. The maximum atomic E-state index is 13.9.